The lowest BCUT2D eigenvalue weighted by Crippen LogP contribution is -2.30. The molecule has 0 radical (unpaired) electrons. The molecule has 0 amide bonds. The van der Waals surface area contributed by atoms with E-state index in [1.165, 1.54) is 109 Å². The summed E-state index contributed by atoms with van der Waals surface area (Å²) in [5.41, 5.74) is 0. The molecule has 0 aromatic heterocycles. The third-order valence-electron chi connectivity index (χ3n) is 14.3. The van der Waals surface area contributed by atoms with Crippen LogP contribution in [0.5, 0.6) is 0 Å². The molecule has 0 rings (SSSR count). The summed E-state index contributed by atoms with van der Waals surface area (Å²) in [4.78, 5) is 38.3. The second-order valence-electron chi connectivity index (χ2n) is 22.3. The Morgan fingerprint density at radius 1 is 0.253 bits per heavy atom. The highest BCUT2D eigenvalue weighted by Gasteiger charge is 2.19. The van der Waals surface area contributed by atoms with E-state index in [-0.39, 0.29) is 31.1 Å². The van der Waals surface area contributed by atoms with Gasteiger partial charge in [-0.05, 0) is 141 Å². The molecule has 0 saturated carbocycles. The minimum Gasteiger partial charge on any atom is -0.462 e. The molecule has 0 aliphatic heterocycles. The van der Waals surface area contributed by atoms with Crippen LogP contribution in [0.15, 0.2) is 146 Å². The fourth-order valence-corrected chi connectivity index (χ4v) is 9.15. The van der Waals surface area contributed by atoms with E-state index >= 15 is 0 Å². The molecular formula is C77H126O6. The van der Waals surface area contributed by atoms with Crippen LogP contribution in [0, 0.1) is 0 Å². The van der Waals surface area contributed by atoms with E-state index in [2.05, 4.69) is 167 Å². The van der Waals surface area contributed by atoms with Gasteiger partial charge in [0.15, 0.2) is 6.10 Å². The summed E-state index contributed by atoms with van der Waals surface area (Å²) in [7, 11) is 0. The summed E-state index contributed by atoms with van der Waals surface area (Å²) in [5.74, 6) is -0.915. The van der Waals surface area contributed by atoms with Crippen molar-refractivity contribution in [2.24, 2.45) is 0 Å². The molecule has 6 heteroatoms. The quantitative estimate of drug-likeness (QED) is 0.0261. The number of rotatable bonds is 61. The van der Waals surface area contributed by atoms with Crippen molar-refractivity contribution in [2.75, 3.05) is 13.2 Å². The molecule has 0 aliphatic rings. The lowest BCUT2D eigenvalue weighted by Gasteiger charge is -2.18. The van der Waals surface area contributed by atoms with Gasteiger partial charge in [0.25, 0.3) is 0 Å². The average molecular weight is 1150 g/mol. The van der Waals surface area contributed by atoms with Gasteiger partial charge in [-0.1, -0.05) is 289 Å². The van der Waals surface area contributed by atoms with Gasteiger partial charge in [0.2, 0.25) is 0 Å². The molecule has 0 heterocycles. The highest BCUT2D eigenvalue weighted by Crippen LogP contribution is 2.15. The van der Waals surface area contributed by atoms with Crippen LogP contribution in [0.1, 0.15) is 303 Å². The number of allylic oxidation sites excluding steroid dienone is 24. The molecule has 0 fully saturated rings. The van der Waals surface area contributed by atoms with Crippen molar-refractivity contribution in [3.8, 4) is 0 Å². The van der Waals surface area contributed by atoms with Crippen LogP contribution in [-0.4, -0.2) is 37.2 Å². The van der Waals surface area contributed by atoms with E-state index in [1.54, 1.807) is 0 Å². The normalized spacial score (nSPS) is 13.0. The first-order chi connectivity index (χ1) is 41.0. The van der Waals surface area contributed by atoms with Crippen molar-refractivity contribution in [3.63, 3.8) is 0 Å². The summed E-state index contributed by atoms with van der Waals surface area (Å²) in [6.45, 7) is 6.45. The van der Waals surface area contributed by atoms with E-state index in [4.69, 9.17) is 14.2 Å². The zero-order valence-electron chi connectivity index (χ0n) is 53.9. The molecule has 0 saturated heterocycles. The van der Waals surface area contributed by atoms with Crippen LogP contribution in [-0.2, 0) is 28.6 Å². The number of hydrogen-bond donors (Lipinski definition) is 0. The van der Waals surface area contributed by atoms with Gasteiger partial charge in [-0.2, -0.15) is 0 Å². The van der Waals surface area contributed by atoms with E-state index in [9.17, 15) is 14.4 Å². The van der Waals surface area contributed by atoms with Gasteiger partial charge in [0.05, 0.1) is 0 Å². The maximum absolute atomic E-state index is 12.9. The van der Waals surface area contributed by atoms with Crippen molar-refractivity contribution < 1.29 is 28.6 Å². The van der Waals surface area contributed by atoms with Crippen molar-refractivity contribution in [1.29, 1.82) is 0 Å². The van der Waals surface area contributed by atoms with Gasteiger partial charge in [-0.3, -0.25) is 14.4 Å². The molecule has 0 aromatic rings. The van der Waals surface area contributed by atoms with Crippen LogP contribution < -0.4 is 0 Å². The number of carbonyl (C=O) groups excluding carboxylic acids is 3. The maximum Gasteiger partial charge on any atom is 0.306 e. The zero-order valence-corrected chi connectivity index (χ0v) is 53.9. The summed E-state index contributed by atoms with van der Waals surface area (Å²) in [6, 6.07) is 0. The van der Waals surface area contributed by atoms with Gasteiger partial charge >= 0.3 is 17.9 Å². The number of hydrogen-bond acceptors (Lipinski definition) is 6. The first-order valence-electron chi connectivity index (χ1n) is 34.3. The van der Waals surface area contributed by atoms with Crippen molar-refractivity contribution >= 4 is 17.9 Å². The fourth-order valence-electron chi connectivity index (χ4n) is 9.15. The molecule has 0 aliphatic carbocycles. The average Bonchev–Trinajstić information content (AvgIpc) is 3.48. The Balaban J connectivity index is 4.24. The Kier molecular flexibility index (Phi) is 65.8. The Hall–Kier alpha value is -4.71. The van der Waals surface area contributed by atoms with E-state index in [0.29, 0.717) is 19.3 Å². The molecule has 0 bridgehead atoms. The first-order valence-corrected chi connectivity index (χ1v) is 34.3. The molecule has 83 heavy (non-hydrogen) atoms. The van der Waals surface area contributed by atoms with Gasteiger partial charge < -0.3 is 14.2 Å². The van der Waals surface area contributed by atoms with Crippen LogP contribution in [0.4, 0.5) is 0 Å². The Bertz CT molecular complexity index is 1800. The largest absolute Gasteiger partial charge is 0.462 e. The van der Waals surface area contributed by atoms with Gasteiger partial charge in [0, 0.05) is 19.3 Å². The summed E-state index contributed by atoms with van der Waals surface area (Å²) >= 11 is 0. The highest BCUT2D eigenvalue weighted by atomic mass is 16.6. The monoisotopic (exact) mass is 1150 g/mol. The number of ether oxygens (including phenoxy) is 3. The lowest BCUT2D eigenvalue weighted by molar-refractivity contribution is -0.167. The third kappa shape index (κ3) is 68.0. The summed E-state index contributed by atoms with van der Waals surface area (Å²) < 4.78 is 16.9. The Labute approximate surface area is 512 Å². The predicted octanol–water partition coefficient (Wildman–Crippen LogP) is 23.9. The second-order valence-corrected chi connectivity index (χ2v) is 22.3. The van der Waals surface area contributed by atoms with Crippen LogP contribution in [0.3, 0.4) is 0 Å². The van der Waals surface area contributed by atoms with Gasteiger partial charge in [-0.25, -0.2) is 0 Å². The summed E-state index contributed by atoms with van der Waals surface area (Å²) in [5, 5.41) is 0. The standard InChI is InChI=1S/C77H126O6/c1-4-7-10-13-16-19-22-24-26-28-30-31-32-33-34-35-36-37-38-39-40-41-42-43-44-45-47-48-50-52-55-58-61-64-67-70-76(79)82-73-74(72-81-75(78)69-66-63-60-57-54-21-18-15-12-9-6-3)83-77(80)71-68-65-62-59-56-53-51-49-46-29-27-25-23-20-17-14-11-8-5-2/h7,10,15-20,24-27,30-31,33-34,36-37,39-40,42-43,46,49,74H,4-6,8-9,11-14,21-23,28-29,32,35,38,41,44-45,47-48,50-73H2,1-3H3/b10-7-,18-15-,19-16-,20-17-,26-24-,27-25-,31-30-,34-33-,37-36-,40-39-,43-42-,49-46-. The molecular weight excluding hydrogens is 1020 g/mol. The number of carbonyl (C=O) groups is 3. The zero-order chi connectivity index (χ0) is 59.9. The molecule has 0 spiro atoms. The van der Waals surface area contributed by atoms with Crippen LogP contribution >= 0.6 is 0 Å². The number of unbranched alkanes of at least 4 members (excludes halogenated alkanes) is 26. The predicted molar refractivity (Wildman–Crippen MR) is 362 cm³/mol. The molecule has 1 atom stereocenters. The van der Waals surface area contributed by atoms with Crippen molar-refractivity contribution in [3.05, 3.63) is 146 Å². The molecule has 470 valence electrons. The van der Waals surface area contributed by atoms with Gasteiger partial charge in [-0.15, -0.1) is 0 Å². The SMILES string of the molecule is CC/C=C\C/C=C\C/C=C\C/C=C\C/C=C\C/C=C\C/C=C\C/C=C\CCCCCCCCCCCCC(=O)OCC(COC(=O)CCCCCCC/C=C\CCCC)OC(=O)CCCCCCCC/C=C\C/C=C\C/C=C\CCCCC. The Morgan fingerprint density at radius 2 is 0.482 bits per heavy atom. The maximum atomic E-state index is 12.9. The molecule has 0 aromatic carbocycles. The summed E-state index contributed by atoms with van der Waals surface area (Å²) in [6.07, 6.45) is 100. The fraction of sp³-hybridized carbons (Fsp3) is 0.649. The minimum absolute atomic E-state index is 0.0913. The number of esters is 3. The van der Waals surface area contributed by atoms with Crippen LogP contribution in [0.2, 0.25) is 0 Å². The third-order valence-corrected chi connectivity index (χ3v) is 14.3. The molecule has 6 nitrogen and oxygen atoms in total. The topological polar surface area (TPSA) is 78.9 Å². The molecule has 1 unspecified atom stereocenters. The molecule has 0 N–H and O–H groups in total. The second kappa shape index (κ2) is 69.8. The van der Waals surface area contributed by atoms with Crippen LogP contribution in [0.25, 0.3) is 0 Å². The Morgan fingerprint density at radius 3 is 0.783 bits per heavy atom. The van der Waals surface area contributed by atoms with E-state index in [0.717, 1.165) is 154 Å². The van der Waals surface area contributed by atoms with Gasteiger partial charge in [0.1, 0.15) is 13.2 Å². The van der Waals surface area contributed by atoms with Crippen molar-refractivity contribution in [1.82, 2.24) is 0 Å². The van der Waals surface area contributed by atoms with E-state index in [1.807, 2.05) is 0 Å². The van der Waals surface area contributed by atoms with Crippen molar-refractivity contribution in [2.45, 2.75) is 309 Å². The smallest absolute Gasteiger partial charge is 0.306 e. The van der Waals surface area contributed by atoms with E-state index < -0.39 is 6.10 Å². The lowest BCUT2D eigenvalue weighted by atomic mass is 10.1. The minimum atomic E-state index is -0.795. The first kappa shape index (κ1) is 78.3. The highest BCUT2D eigenvalue weighted by molar-refractivity contribution is 5.71.